The van der Waals surface area contributed by atoms with Gasteiger partial charge in [0.1, 0.15) is 12.4 Å². The molecule has 116 valence electrons. The minimum atomic E-state index is -2.79. The van der Waals surface area contributed by atoms with Gasteiger partial charge in [-0.25, -0.2) is 8.78 Å². The predicted octanol–water partition coefficient (Wildman–Crippen LogP) is 1.80. The standard InChI is InChI=1S/C15H20F2N2O2/c1-10-4-3-5-11(2)13(10)21-7-6-18-14(20)12-8-15(16,17)9-19-12/h3-5,12,19H,6-9H2,1-2H3,(H,18,20). The quantitative estimate of drug-likeness (QED) is 0.815. The van der Waals surface area contributed by atoms with Crippen molar-refractivity contribution in [2.45, 2.75) is 32.2 Å². The van der Waals surface area contributed by atoms with Crippen LogP contribution in [0.3, 0.4) is 0 Å². The van der Waals surface area contributed by atoms with Gasteiger partial charge in [-0.3, -0.25) is 10.1 Å². The molecule has 1 unspecified atom stereocenters. The first kappa shape index (κ1) is 15.7. The van der Waals surface area contributed by atoms with Crippen molar-refractivity contribution < 1.29 is 18.3 Å². The van der Waals surface area contributed by atoms with E-state index in [9.17, 15) is 13.6 Å². The van der Waals surface area contributed by atoms with E-state index in [2.05, 4.69) is 10.6 Å². The van der Waals surface area contributed by atoms with Gasteiger partial charge in [-0.15, -0.1) is 0 Å². The third-order valence-electron chi connectivity index (χ3n) is 3.48. The van der Waals surface area contributed by atoms with Crippen molar-refractivity contribution in [2.75, 3.05) is 19.7 Å². The summed E-state index contributed by atoms with van der Waals surface area (Å²) in [5, 5.41) is 5.13. The van der Waals surface area contributed by atoms with Crippen LogP contribution in [0.4, 0.5) is 8.78 Å². The number of alkyl halides is 2. The molecule has 1 saturated heterocycles. The summed E-state index contributed by atoms with van der Waals surface area (Å²) in [6.45, 7) is 4.05. The third-order valence-corrected chi connectivity index (χ3v) is 3.48. The highest BCUT2D eigenvalue weighted by Gasteiger charge is 2.42. The van der Waals surface area contributed by atoms with Crippen molar-refractivity contribution >= 4 is 5.91 Å². The first-order valence-corrected chi connectivity index (χ1v) is 6.97. The zero-order valence-corrected chi connectivity index (χ0v) is 12.2. The largest absolute Gasteiger partial charge is 0.491 e. The third kappa shape index (κ3) is 4.14. The summed E-state index contributed by atoms with van der Waals surface area (Å²) in [5.74, 6) is -2.40. The molecule has 0 spiro atoms. The Hall–Kier alpha value is -1.69. The van der Waals surface area contributed by atoms with Crippen LogP contribution in [-0.2, 0) is 4.79 Å². The topological polar surface area (TPSA) is 50.4 Å². The lowest BCUT2D eigenvalue weighted by Crippen LogP contribution is -2.41. The maximum atomic E-state index is 13.0. The second-order valence-electron chi connectivity index (χ2n) is 5.35. The van der Waals surface area contributed by atoms with Crippen LogP contribution in [0.1, 0.15) is 17.5 Å². The molecule has 0 aliphatic carbocycles. The van der Waals surface area contributed by atoms with Crippen molar-refractivity contribution in [2.24, 2.45) is 0 Å². The smallest absolute Gasteiger partial charge is 0.262 e. The first-order valence-electron chi connectivity index (χ1n) is 6.97. The highest BCUT2D eigenvalue weighted by molar-refractivity contribution is 5.82. The van der Waals surface area contributed by atoms with Crippen LogP contribution in [0.5, 0.6) is 5.75 Å². The van der Waals surface area contributed by atoms with Crippen molar-refractivity contribution in [3.05, 3.63) is 29.3 Å². The molecule has 0 bridgehead atoms. The van der Waals surface area contributed by atoms with Crippen LogP contribution in [0.2, 0.25) is 0 Å². The highest BCUT2D eigenvalue weighted by Crippen LogP contribution is 2.25. The fourth-order valence-corrected chi connectivity index (χ4v) is 2.38. The summed E-state index contributed by atoms with van der Waals surface area (Å²) >= 11 is 0. The predicted molar refractivity (Wildman–Crippen MR) is 75.8 cm³/mol. The van der Waals surface area contributed by atoms with Gasteiger partial charge in [0, 0.05) is 6.42 Å². The molecule has 0 saturated carbocycles. The van der Waals surface area contributed by atoms with Crippen LogP contribution in [0, 0.1) is 13.8 Å². The summed E-state index contributed by atoms with van der Waals surface area (Å²) in [7, 11) is 0. The second kappa shape index (κ2) is 6.39. The molecule has 1 heterocycles. The Labute approximate surface area is 122 Å². The molecule has 1 aromatic carbocycles. The average Bonchev–Trinajstić information content (AvgIpc) is 2.77. The van der Waals surface area contributed by atoms with Crippen molar-refractivity contribution in [3.63, 3.8) is 0 Å². The van der Waals surface area contributed by atoms with Gasteiger partial charge >= 0.3 is 0 Å². The molecule has 1 atom stereocenters. The number of nitrogens with one attached hydrogen (secondary N) is 2. The van der Waals surface area contributed by atoms with Gasteiger partial charge in [0.05, 0.1) is 19.1 Å². The molecule has 2 N–H and O–H groups in total. The van der Waals surface area contributed by atoms with E-state index in [-0.39, 0.29) is 6.54 Å². The van der Waals surface area contributed by atoms with E-state index in [0.717, 1.165) is 16.9 Å². The number of amides is 1. The van der Waals surface area contributed by atoms with E-state index in [1.165, 1.54) is 0 Å². The van der Waals surface area contributed by atoms with Crippen LogP contribution in [-0.4, -0.2) is 37.6 Å². The number of benzene rings is 1. The zero-order chi connectivity index (χ0) is 15.5. The maximum absolute atomic E-state index is 13.0. The second-order valence-corrected chi connectivity index (χ2v) is 5.35. The van der Waals surface area contributed by atoms with Crippen LogP contribution < -0.4 is 15.4 Å². The van der Waals surface area contributed by atoms with E-state index in [1.54, 1.807) is 0 Å². The van der Waals surface area contributed by atoms with E-state index >= 15 is 0 Å². The molecule has 0 aromatic heterocycles. The molecule has 2 rings (SSSR count). The molecule has 4 nitrogen and oxygen atoms in total. The SMILES string of the molecule is Cc1cccc(C)c1OCCNC(=O)C1CC(F)(F)CN1. The van der Waals surface area contributed by atoms with Gasteiger partial charge in [0.15, 0.2) is 0 Å². The Kier molecular flexibility index (Phi) is 4.77. The van der Waals surface area contributed by atoms with Crippen molar-refractivity contribution in [3.8, 4) is 5.75 Å². The van der Waals surface area contributed by atoms with E-state index in [4.69, 9.17) is 4.74 Å². The number of carbonyl (C=O) groups excluding carboxylic acids is 1. The Morgan fingerprint density at radius 3 is 2.67 bits per heavy atom. The Bertz CT molecular complexity index is 500. The number of hydrogen-bond acceptors (Lipinski definition) is 3. The molecule has 0 radical (unpaired) electrons. The van der Waals surface area contributed by atoms with Crippen LogP contribution in [0.25, 0.3) is 0 Å². The maximum Gasteiger partial charge on any atom is 0.262 e. The minimum absolute atomic E-state index is 0.288. The minimum Gasteiger partial charge on any atom is -0.491 e. The lowest BCUT2D eigenvalue weighted by atomic mass is 10.1. The average molecular weight is 298 g/mol. The Balaban J connectivity index is 1.74. The van der Waals surface area contributed by atoms with Crippen LogP contribution >= 0.6 is 0 Å². The fourth-order valence-electron chi connectivity index (χ4n) is 2.38. The molecular formula is C15H20F2N2O2. The monoisotopic (exact) mass is 298 g/mol. The van der Waals surface area contributed by atoms with E-state index in [0.29, 0.717) is 6.61 Å². The molecule has 1 aliphatic heterocycles. The number of rotatable bonds is 5. The van der Waals surface area contributed by atoms with Gasteiger partial charge in [-0.1, -0.05) is 18.2 Å². The number of hydrogen-bond donors (Lipinski definition) is 2. The van der Waals surface area contributed by atoms with Gasteiger partial charge in [0.25, 0.3) is 5.92 Å². The molecular weight excluding hydrogens is 278 g/mol. The van der Waals surface area contributed by atoms with Crippen molar-refractivity contribution in [1.29, 1.82) is 0 Å². The lowest BCUT2D eigenvalue weighted by molar-refractivity contribution is -0.123. The molecule has 21 heavy (non-hydrogen) atoms. The normalized spacial score (nSPS) is 20.3. The molecule has 1 amide bonds. The summed E-state index contributed by atoms with van der Waals surface area (Å²) in [4.78, 5) is 11.7. The Morgan fingerprint density at radius 2 is 2.10 bits per heavy atom. The number of halogens is 2. The number of aryl methyl sites for hydroxylation is 2. The van der Waals surface area contributed by atoms with Gasteiger partial charge in [0.2, 0.25) is 5.91 Å². The van der Waals surface area contributed by atoms with Gasteiger partial charge in [-0.05, 0) is 25.0 Å². The molecule has 1 fully saturated rings. The van der Waals surface area contributed by atoms with Gasteiger partial charge in [-0.2, -0.15) is 0 Å². The summed E-state index contributed by atoms with van der Waals surface area (Å²) in [6, 6.07) is 5.03. The number of carbonyl (C=O) groups is 1. The van der Waals surface area contributed by atoms with Crippen molar-refractivity contribution in [1.82, 2.24) is 10.6 Å². The fraction of sp³-hybridized carbons (Fsp3) is 0.533. The molecule has 1 aromatic rings. The summed E-state index contributed by atoms with van der Waals surface area (Å²) in [5.41, 5.74) is 2.05. The first-order chi connectivity index (χ1) is 9.89. The summed E-state index contributed by atoms with van der Waals surface area (Å²) < 4.78 is 31.6. The zero-order valence-electron chi connectivity index (χ0n) is 12.2. The highest BCUT2D eigenvalue weighted by atomic mass is 19.3. The lowest BCUT2D eigenvalue weighted by Gasteiger charge is -2.14. The number of ether oxygens (including phenoxy) is 1. The van der Waals surface area contributed by atoms with E-state index in [1.807, 2.05) is 32.0 Å². The Morgan fingerprint density at radius 1 is 1.43 bits per heavy atom. The molecule has 6 heteroatoms. The van der Waals surface area contributed by atoms with E-state index < -0.39 is 30.8 Å². The number of para-hydroxylation sites is 1. The van der Waals surface area contributed by atoms with Crippen LogP contribution in [0.15, 0.2) is 18.2 Å². The molecule has 1 aliphatic rings. The summed E-state index contributed by atoms with van der Waals surface area (Å²) in [6.07, 6.45) is -0.448. The van der Waals surface area contributed by atoms with Gasteiger partial charge < -0.3 is 10.1 Å².